The molecule has 1 aromatic heterocycles. The predicted octanol–water partition coefficient (Wildman–Crippen LogP) is 1.46. The number of carbonyl (C=O) groups is 2. The third kappa shape index (κ3) is 7.96. The van der Waals surface area contributed by atoms with Crippen molar-refractivity contribution in [3.05, 3.63) is 11.8 Å². The lowest BCUT2D eigenvalue weighted by atomic mass is 10.3. The molecule has 0 aliphatic carbocycles. The van der Waals surface area contributed by atoms with Crippen LogP contribution in [0.25, 0.3) is 0 Å². The van der Waals surface area contributed by atoms with Crippen LogP contribution in [-0.4, -0.2) is 79.4 Å². The molecule has 3 amide bonds. The van der Waals surface area contributed by atoms with Gasteiger partial charge in [0.15, 0.2) is 5.82 Å². The van der Waals surface area contributed by atoms with E-state index in [2.05, 4.69) is 27.6 Å². The standard InChI is InChI=1S/C18H31N5O4/c1-3-4-6-19-18(25)23(8-5-7-22-9-11-26-12-10-22)14-17(24)20-16-13-15(2)27-21-16/h13H,3-12,14H2,1-2H3,(H,19,25)(H,20,21,24). The molecule has 9 heteroatoms. The highest BCUT2D eigenvalue weighted by Crippen LogP contribution is 2.07. The van der Waals surface area contributed by atoms with Gasteiger partial charge in [-0.25, -0.2) is 4.79 Å². The Morgan fingerprint density at radius 2 is 2.07 bits per heavy atom. The molecule has 1 saturated heterocycles. The molecule has 0 bridgehead atoms. The molecule has 0 aromatic carbocycles. The first-order valence-corrected chi connectivity index (χ1v) is 9.64. The Morgan fingerprint density at radius 1 is 1.30 bits per heavy atom. The zero-order valence-electron chi connectivity index (χ0n) is 16.3. The summed E-state index contributed by atoms with van der Waals surface area (Å²) in [6, 6.07) is 1.43. The van der Waals surface area contributed by atoms with Crippen LogP contribution in [0.15, 0.2) is 10.6 Å². The van der Waals surface area contributed by atoms with Crippen molar-refractivity contribution in [3.63, 3.8) is 0 Å². The maximum atomic E-state index is 12.5. The van der Waals surface area contributed by atoms with E-state index in [0.29, 0.717) is 24.7 Å². The van der Waals surface area contributed by atoms with E-state index in [0.717, 1.165) is 52.1 Å². The molecule has 0 saturated carbocycles. The van der Waals surface area contributed by atoms with Crippen LogP contribution >= 0.6 is 0 Å². The second kappa shape index (κ2) is 11.6. The topological polar surface area (TPSA) is 99.9 Å². The van der Waals surface area contributed by atoms with Gasteiger partial charge >= 0.3 is 6.03 Å². The summed E-state index contributed by atoms with van der Waals surface area (Å²) in [6.45, 7) is 9.13. The molecule has 1 fully saturated rings. The lowest BCUT2D eigenvalue weighted by Crippen LogP contribution is -2.46. The lowest BCUT2D eigenvalue weighted by Gasteiger charge is -2.28. The maximum absolute atomic E-state index is 12.5. The number of ether oxygens (including phenoxy) is 1. The van der Waals surface area contributed by atoms with Gasteiger partial charge < -0.3 is 24.8 Å². The molecule has 1 aliphatic rings. The van der Waals surface area contributed by atoms with Crippen LogP contribution in [-0.2, 0) is 9.53 Å². The molecule has 152 valence electrons. The third-order valence-corrected chi connectivity index (χ3v) is 4.33. The van der Waals surface area contributed by atoms with Crippen molar-refractivity contribution >= 4 is 17.8 Å². The SMILES string of the molecule is CCCCNC(=O)N(CCCN1CCOCC1)CC(=O)Nc1cc(C)on1. The van der Waals surface area contributed by atoms with E-state index in [1.165, 1.54) is 0 Å². The first-order valence-electron chi connectivity index (χ1n) is 9.64. The molecule has 0 unspecified atom stereocenters. The number of rotatable bonds is 10. The van der Waals surface area contributed by atoms with Gasteiger partial charge in [0, 0.05) is 38.8 Å². The highest BCUT2D eigenvalue weighted by molar-refractivity contribution is 5.93. The largest absolute Gasteiger partial charge is 0.379 e. The fraction of sp³-hybridized carbons (Fsp3) is 0.722. The van der Waals surface area contributed by atoms with Gasteiger partial charge in [0.1, 0.15) is 12.3 Å². The number of amides is 3. The van der Waals surface area contributed by atoms with Crippen molar-refractivity contribution < 1.29 is 18.8 Å². The fourth-order valence-corrected chi connectivity index (χ4v) is 2.83. The Hall–Kier alpha value is -2.13. The van der Waals surface area contributed by atoms with E-state index in [-0.39, 0.29) is 18.5 Å². The summed E-state index contributed by atoms with van der Waals surface area (Å²) >= 11 is 0. The van der Waals surface area contributed by atoms with E-state index in [9.17, 15) is 9.59 Å². The van der Waals surface area contributed by atoms with Crippen molar-refractivity contribution in [2.45, 2.75) is 33.1 Å². The number of unbranched alkanes of at least 4 members (excludes halogenated alkanes) is 1. The number of aryl methyl sites for hydroxylation is 1. The highest BCUT2D eigenvalue weighted by atomic mass is 16.5. The zero-order chi connectivity index (χ0) is 19.5. The second-order valence-corrected chi connectivity index (χ2v) is 6.69. The highest BCUT2D eigenvalue weighted by Gasteiger charge is 2.18. The zero-order valence-corrected chi connectivity index (χ0v) is 16.3. The van der Waals surface area contributed by atoms with Crippen LogP contribution in [0.4, 0.5) is 10.6 Å². The molecule has 0 radical (unpaired) electrons. The number of carbonyl (C=O) groups excluding carboxylic acids is 2. The number of aromatic nitrogens is 1. The molecule has 1 aromatic rings. The van der Waals surface area contributed by atoms with Gasteiger partial charge in [0.2, 0.25) is 5.91 Å². The molecule has 2 heterocycles. The Labute approximate surface area is 160 Å². The number of hydrogen-bond donors (Lipinski definition) is 2. The lowest BCUT2D eigenvalue weighted by molar-refractivity contribution is -0.116. The van der Waals surface area contributed by atoms with Crippen LogP contribution in [0.2, 0.25) is 0 Å². The van der Waals surface area contributed by atoms with Crippen molar-refractivity contribution in [1.82, 2.24) is 20.3 Å². The van der Waals surface area contributed by atoms with Gasteiger partial charge in [-0.2, -0.15) is 0 Å². The summed E-state index contributed by atoms with van der Waals surface area (Å²) in [4.78, 5) is 28.6. The van der Waals surface area contributed by atoms with Crippen LogP contribution in [0, 0.1) is 6.92 Å². The van der Waals surface area contributed by atoms with Gasteiger partial charge in [-0.05, 0) is 19.8 Å². The summed E-state index contributed by atoms with van der Waals surface area (Å²) < 4.78 is 10.3. The van der Waals surface area contributed by atoms with E-state index in [4.69, 9.17) is 9.26 Å². The first kappa shape index (κ1) is 21.2. The monoisotopic (exact) mass is 381 g/mol. The molecule has 1 aliphatic heterocycles. The molecular weight excluding hydrogens is 350 g/mol. The molecule has 9 nitrogen and oxygen atoms in total. The molecule has 0 atom stereocenters. The molecule has 2 N–H and O–H groups in total. The second-order valence-electron chi connectivity index (χ2n) is 6.69. The van der Waals surface area contributed by atoms with Crippen molar-refractivity contribution in [3.8, 4) is 0 Å². The Kier molecular flexibility index (Phi) is 9.06. The van der Waals surface area contributed by atoms with E-state index >= 15 is 0 Å². The third-order valence-electron chi connectivity index (χ3n) is 4.33. The minimum atomic E-state index is -0.291. The summed E-state index contributed by atoms with van der Waals surface area (Å²) in [5.74, 6) is 0.683. The van der Waals surface area contributed by atoms with Crippen LogP contribution in [0.1, 0.15) is 31.9 Å². The Morgan fingerprint density at radius 3 is 2.74 bits per heavy atom. The molecule has 27 heavy (non-hydrogen) atoms. The van der Waals surface area contributed by atoms with E-state index in [1.54, 1.807) is 17.9 Å². The maximum Gasteiger partial charge on any atom is 0.317 e. The smallest absolute Gasteiger partial charge is 0.317 e. The number of urea groups is 1. The minimum absolute atomic E-state index is 0.0209. The van der Waals surface area contributed by atoms with Crippen molar-refractivity contribution in [2.75, 3.05) is 57.8 Å². The summed E-state index contributed by atoms with van der Waals surface area (Å²) in [7, 11) is 0. The van der Waals surface area contributed by atoms with Gasteiger partial charge in [-0.3, -0.25) is 9.69 Å². The van der Waals surface area contributed by atoms with Crippen LogP contribution < -0.4 is 10.6 Å². The predicted molar refractivity (Wildman–Crippen MR) is 102 cm³/mol. The average molecular weight is 381 g/mol. The number of morpholine rings is 1. The summed E-state index contributed by atoms with van der Waals surface area (Å²) in [6.07, 6.45) is 2.72. The van der Waals surface area contributed by atoms with Gasteiger partial charge in [-0.1, -0.05) is 18.5 Å². The summed E-state index contributed by atoms with van der Waals surface area (Å²) in [5, 5.41) is 9.29. The molecule has 0 spiro atoms. The van der Waals surface area contributed by atoms with Gasteiger partial charge in [-0.15, -0.1) is 0 Å². The van der Waals surface area contributed by atoms with E-state index in [1.807, 2.05) is 0 Å². The quantitative estimate of drug-likeness (QED) is 0.595. The molecule has 2 rings (SSSR count). The number of anilines is 1. The average Bonchev–Trinajstić information content (AvgIpc) is 3.06. The van der Waals surface area contributed by atoms with Crippen molar-refractivity contribution in [2.24, 2.45) is 0 Å². The Balaban J connectivity index is 1.83. The van der Waals surface area contributed by atoms with E-state index < -0.39 is 0 Å². The first-order chi connectivity index (χ1) is 13.1. The number of nitrogens with zero attached hydrogens (tertiary/aromatic N) is 3. The van der Waals surface area contributed by atoms with Crippen LogP contribution in [0.5, 0.6) is 0 Å². The van der Waals surface area contributed by atoms with Crippen LogP contribution in [0.3, 0.4) is 0 Å². The number of hydrogen-bond acceptors (Lipinski definition) is 6. The fourth-order valence-electron chi connectivity index (χ4n) is 2.83. The Bertz CT molecular complexity index is 586. The molecular formula is C18H31N5O4. The van der Waals surface area contributed by atoms with Gasteiger partial charge in [0.05, 0.1) is 13.2 Å². The van der Waals surface area contributed by atoms with Gasteiger partial charge in [0.25, 0.3) is 0 Å². The minimum Gasteiger partial charge on any atom is -0.379 e. The number of nitrogens with one attached hydrogen (secondary N) is 2. The normalized spacial score (nSPS) is 14.7. The summed E-state index contributed by atoms with van der Waals surface area (Å²) in [5.41, 5.74) is 0. The van der Waals surface area contributed by atoms with Crippen molar-refractivity contribution in [1.29, 1.82) is 0 Å².